The van der Waals surface area contributed by atoms with Crippen molar-refractivity contribution in [2.75, 3.05) is 19.0 Å². The van der Waals surface area contributed by atoms with Gasteiger partial charge in [0.1, 0.15) is 11.6 Å². The number of rotatable bonds is 5. The van der Waals surface area contributed by atoms with E-state index in [1.54, 1.807) is 0 Å². The molecule has 0 radical (unpaired) electrons. The maximum absolute atomic E-state index is 13.5. The molecule has 1 aromatic rings. The molecule has 0 heterocycles. The molecule has 0 spiro atoms. The van der Waals surface area contributed by atoms with Crippen LogP contribution in [0.3, 0.4) is 0 Å². The van der Waals surface area contributed by atoms with Crippen molar-refractivity contribution in [3.8, 4) is 0 Å². The third kappa shape index (κ3) is 4.16. The first-order valence-electron chi connectivity index (χ1n) is 5.61. The van der Waals surface area contributed by atoms with Gasteiger partial charge in [0.2, 0.25) is 0 Å². The fraction of sp³-hybridized carbons (Fsp3) is 0.333. The number of aliphatic carboxylic acids is 1. The molecule has 3 N–H and O–H groups in total. The first kappa shape index (κ1) is 15.8. The van der Waals surface area contributed by atoms with Gasteiger partial charge < -0.3 is 20.5 Å². The zero-order valence-electron chi connectivity index (χ0n) is 10.9. The molecule has 1 rings (SSSR count). The zero-order valence-corrected chi connectivity index (χ0v) is 10.9. The molecule has 1 unspecified atom stereocenters. The maximum atomic E-state index is 13.5. The maximum Gasteiger partial charge on any atom is 0.334 e. The summed E-state index contributed by atoms with van der Waals surface area (Å²) in [7, 11) is 1.17. The summed E-state index contributed by atoms with van der Waals surface area (Å²) in [6.07, 6.45) is -1.22. The molecule has 0 aliphatic carbocycles. The Kier molecular flexibility index (Phi) is 5.39. The average Bonchev–Trinajstić information content (AvgIpc) is 2.36. The summed E-state index contributed by atoms with van der Waals surface area (Å²) in [4.78, 5) is 22.1. The molecule has 0 fully saturated rings. The van der Waals surface area contributed by atoms with Gasteiger partial charge in [0.15, 0.2) is 6.10 Å². The minimum Gasteiger partial charge on any atom is -0.479 e. The fourth-order valence-electron chi connectivity index (χ4n) is 1.37. The van der Waals surface area contributed by atoms with Gasteiger partial charge in [0.05, 0.1) is 12.2 Å². The minimum absolute atomic E-state index is 0.110. The second-order valence-corrected chi connectivity index (χ2v) is 3.98. The molecule has 0 saturated carbocycles. The number of carbonyl (C=O) groups excluding carboxylic acids is 1. The zero-order chi connectivity index (χ0) is 15.3. The van der Waals surface area contributed by atoms with E-state index in [-0.39, 0.29) is 17.8 Å². The summed E-state index contributed by atoms with van der Waals surface area (Å²) < 4.78 is 31.3. The van der Waals surface area contributed by atoms with Gasteiger partial charge in [-0.25, -0.2) is 18.4 Å². The summed E-state index contributed by atoms with van der Waals surface area (Å²) in [6, 6.07) is 0.922. The first-order valence-corrected chi connectivity index (χ1v) is 5.61. The van der Waals surface area contributed by atoms with E-state index >= 15 is 0 Å². The Hall–Kier alpha value is -2.22. The average molecular weight is 288 g/mol. The van der Waals surface area contributed by atoms with E-state index in [1.165, 1.54) is 14.0 Å². The number of carbonyl (C=O) groups is 2. The van der Waals surface area contributed by atoms with E-state index in [0.717, 1.165) is 12.1 Å². The highest BCUT2D eigenvalue weighted by atomic mass is 19.1. The monoisotopic (exact) mass is 288 g/mol. The Balaban J connectivity index is 2.63. The normalized spacial score (nSPS) is 11.8. The third-order valence-electron chi connectivity index (χ3n) is 2.50. The highest BCUT2D eigenvalue weighted by Gasteiger charge is 2.17. The van der Waals surface area contributed by atoms with Crippen molar-refractivity contribution in [1.29, 1.82) is 0 Å². The number of halogens is 2. The molecule has 1 atom stereocenters. The van der Waals surface area contributed by atoms with Crippen molar-refractivity contribution < 1.29 is 28.2 Å². The van der Waals surface area contributed by atoms with Gasteiger partial charge >= 0.3 is 12.0 Å². The number of carboxylic acid groups (broad SMARTS) is 1. The Morgan fingerprint density at radius 2 is 2.00 bits per heavy atom. The molecule has 0 saturated heterocycles. The van der Waals surface area contributed by atoms with Gasteiger partial charge in [0.25, 0.3) is 0 Å². The van der Waals surface area contributed by atoms with Crippen molar-refractivity contribution in [2.24, 2.45) is 0 Å². The highest BCUT2D eigenvalue weighted by molar-refractivity contribution is 5.89. The number of carboxylic acids is 1. The lowest BCUT2D eigenvalue weighted by atomic mass is 10.2. The van der Waals surface area contributed by atoms with E-state index in [0.29, 0.717) is 0 Å². The van der Waals surface area contributed by atoms with Gasteiger partial charge in [-0.2, -0.15) is 0 Å². The quantitative estimate of drug-likeness (QED) is 0.766. The van der Waals surface area contributed by atoms with Crippen molar-refractivity contribution in [1.82, 2.24) is 5.32 Å². The number of urea groups is 1. The number of hydrogen-bond acceptors (Lipinski definition) is 3. The molecule has 0 bridgehead atoms. The molecule has 0 aliphatic rings. The molecule has 0 aliphatic heterocycles. The van der Waals surface area contributed by atoms with Crippen LogP contribution in [0.4, 0.5) is 19.3 Å². The van der Waals surface area contributed by atoms with Gasteiger partial charge in [-0.1, -0.05) is 0 Å². The third-order valence-corrected chi connectivity index (χ3v) is 2.50. The van der Waals surface area contributed by atoms with Crippen LogP contribution in [0.1, 0.15) is 5.56 Å². The summed E-state index contributed by atoms with van der Waals surface area (Å²) in [5.74, 6) is -2.71. The second kappa shape index (κ2) is 6.80. The van der Waals surface area contributed by atoms with Crippen molar-refractivity contribution >= 4 is 17.7 Å². The highest BCUT2D eigenvalue weighted by Crippen LogP contribution is 2.18. The topological polar surface area (TPSA) is 87.7 Å². The van der Waals surface area contributed by atoms with Crippen LogP contribution in [-0.4, -0.2) is 36.9 Å². The number of amides is 2. The molecule has 2 amide bonds. The lowest BCUT2D eigenvalue weighted by Gasteiger charge is -2.13. The number of hydrogen-bond donors (Lipinski definition) is 3. The van der Waals surface area contributed by atoms with Crippen LogP contribution < -0.4 is 10.6 Å². The number of aryl methyl sites for hydroxylation is 1. The molecule has 0 aromatic heterocycles. The smallest absolute Gasteiger partial charge is 0.334 e. The fourth-order valence-corrected chi connectivity index (χ4v) is 1.37. The largest absolute Gasteiger partial charge is 0.479 e. The van der Waals surface area contributed by atoms with Gasteiger partial charge in [-0.15, -0.1) is 0 Å². The second-order valence-electron chi connectivity index (χ2n) is 3.98. The van der Waals surface area contributed by atoms with Crippen LogP contribution in [0.25, 0.3) is 0 Å². The van der Waals surface area contributed by atoms with E-state index < -0.39 is 29.7 Å². The van der Waals surface area contributed by atoms with Crippen LogP contribution in [0.5, 0.6) is 0 Å². The van der Waals surface area contributed by atoms with Gasteiger partial charge in [-0.3, -0.25) is 0 Å². The van der Waals surface area contributed by atoms with E-state index in [9.17, 15) is 18.4 Å². The Bertz CT molecular complexity index is 522. The number of anilines is 1. The first-order chi connectivity index (χ1) is 9.35. The molecular weight excluding hydrogens is 274 g/mol. The summed E-state index contributed by atoms with van der Waals surface area (Å²) >= 11 is 0. The van der Waals surface area contributed by atoms with E-state index in [1.807, 2.05) is 0 Å². The van der Waals surface area contributed by atoms with Crippen LogP contribution in [0, 0.1) is 18.6 Å². The lowest BCUT2D eigenvalue weighted by Crippen LogP contribution is -2.39. The van der Waals surface area contributed by atoms with Crippen LogP contribution in [0.2, 0.25) is 0 Å². The molecule has 110 valence electrons. The SMILES string of the molecule is COC(CNC(=O)Nc1cc(F)c(C)cc1F)C(=O)O. The predicted molar refractivity (Wildman–Crippen MR) is 66.5 cm³/mol. The van der Waals surface area contributed by atoms with Crippen molar-refractivity contribution in [2.45, 2.75) is 13.0 Å². The van der Waals surface area contributed by atoms with Crippen molar-refractivity contribution in [3.63, 3.8) is 0 Å². The predicted octanol–water partition coefficient (Wildman–Crippen LogP) is 1.49. The molecular formula is C12H14F2N2O4. The van der Waals surface area contributed by atoms with Gasteiger partial charge in [-0.05, 0) is 18.6 Å². The van der Waals surface area contributed by atoms with Gasteiger partial charge in [0, 0.05) is 13.2 Å². The number of benzene rings is 1. The standard InChI is InChI=1S/C12H14F2N2O4/c1-6-3-8(14)9(4-7(6)13)16-12(19)15-5-10(20-2)11(17)18/h3-4,10H,5H2,1-2H3,(H,17,18)(H2,15,16,19). The molecule has 20 heavy (non-hydrogen) atoms. The number of nitrogens with one attached hydrogen (secondary N) is 2. The summed E-state index contributed by atoms with van der Waals surface area (Å²) in [6.45, 7) is 1.08. The molecule has 8 heteroatoms. The molecule has 6 nitrogen and oxygen atoms in total. The van der Waals surface area contributed by atoms with E-state index in [2.05, 4.69) is 15.4 Å². The minimum atomic E-state index is -1.25. The Morgan fingerprint density at radius 1 is 1.35 bits per heavy atom. The summed E-state index contributed by atoms with van der Waals surface area (Å²) in [5.41, 5.74) is -0.228. The Morgan fingerprint density at radius 3 is 2.55 bits per heavy atom. The van der Waals surface area contributed by atoms with E-state index in [4.69, 9.17) is 5.11 Å². The van der Waals surface area contributed by atoms with Crippen molar-refractivity contribution in [3.05, 3.63) is 29.3 Å². The summed E-state index contributed by atoms with van der Waals surface area (Å²) in [5, 5.41) is 12.9. The van der Waals surface area contributed by atoms with Crippen LogP contribution >= 0.6 is 0 Å². The Labute approximate surface area is 113 Å². The van der Waals surface area contributed by atoms with Crippen LogP contribution in [-0.2, 0) is 9.53 Å². The molecule has 1 aromatic carbocycles. The number of ether oxygens (including phenoxy) is 1. The lowest BCUT2D eigenvalue weighted by molar-refractivity contribution is -0.147. The number of methoxy groups -OCH3 is 1. The van der Waals surface area contributed by atoms with Crippen LogP contribution in [0.15, 0.2) is 12.1 Å².